The number of likely N-dealkylation sites (tertiary alicyclic amines) is 1. The molecule has 4 unspecified atom stereocenters. The van der Waals surface area contributed by atoms with Gasteiger partial charge in [0, 0.05) is 11.5 Å². The van der Waals surface area contributed by atoms with Gasteiger partial charge in [0.1, 0.15) is 11.3 Å². The van der Waals surface area contributed by atoms with Gasteiger partial charge in [0.05, 0.1) is 12.7 Å². The Morgan fingerprint density at radius 1 is 1.25 bits per heavy atom. The summed E-state index contributed by atoms with van der Waals surface area (Å²) in [6.45, 7) is 2.81. The van der Waals surface area contributed by atoms with Crippen LogP contribution in [-0.4, -0.2) is 84.9 Å². The number of nitrogens with zero attached hydrogens (tertiary/aromatic N) is 2. The number of aliphatic hydroxyl groups is 1. The van der Waals surface area contributed by atoms with Crippen molar-refractivity contribution < 1.29 is 19.4 Å². The van der Waals surface area contributed by atoms with Crippen LogP contribution in [0.15, 0.2) is 18.2 Å². The Hall–Kier alpha value is -2.16. The van der Waals surface area contributed by atoms with E-state index >= 15 is 0 Å². The molecule has 2 saturated heterocycles. The molecule has 2 bridgehead atoms. The third-order valence-corrected chi connectivity index (χ3v) is 8.49. The quantitative estimate of drug-likeness (QED) is 0.590. The zero-order valence-corrected chi connectivity index (χ0v) is 19.2. The molecule has 32 heavy (non-hydrogen) atoms. The standard InChI is InChI=1S/C24H34N4O4/c1-27(2)10-4-11-28-12-9-22-15-23(20(29)25-21(30)26-23)7-8-24(22,31)19(28)13-16-5-6-17(32-3)14-18(16)22/h5-6,14,19,31H,4,7-13,15H2,1-3H3,(H2,25,26,29,30). The fraction of sp³-hybridized carbons (Fsp3) is 0.667. The van der Waals surface area contributed by atoms with Crippen LogP contribution in [0.25, 0.3) is 0 Å². The maximum absolute atomic E-state index is 12.9. The number of hydrogen-bond acceptors (Lipinski definition) is 6. The summed E-state index contributed by atoms with van der Waals surface area (Å²) in [7, 11) is 5.82. The Morgan fingerprint density at radius 2 is 2.06 bits per heavy atom. The molecule has 1 saturated carbocycles. The number of methoxy groups -OCH3 is 1. The van der Waals surface area contributed by atoms with Crippen LogP contribution in [-0.2, 0) is 16.6 Å². The second-order valence-corrected chi connectivity index (χ2v) is 10.4. The molecule has 5 rings (SSSR count). The maximum Gasteiger partial charge on any atom is 0.322 e. The van der Waals surface area contributed by atoms with E-state index in [4.69, 9.17) is 4.74 Å². The number of imide groups is 1. The molecule has 3 amide bonds. The number of urea groups is 1. The smallest absolute Gasteiger partial charge is 0.322 e. The van der Waals surface area contributed by atoms with Gasteiger partial charge in [-0.25, -0.2) is 4.79 Å². The maximum atomic E-state index is 12.9. The normalized spacial score (nSPS) is 36.0. The molecule has 1 spiro atoms. The zero-order valence-electron chi connectivity index (χ0n) is 19.2. The molecule has 174 valence electrons. The van der Waals surface area contributed by atoms with E-state index in [1.54, 1.807) is 7.11 Å². The summed E-state index contributed by atoms with van der Waals surface area (Å²) in [5.41, 5.74) is -0.234. The van der Waals surface area contributed by atoms with Crippen LogP contribution in [0, 0.1) is 0 Å². The predicted octanol–water partition coefficient (Wildman–Crippen LogP) is 1.01. The molecule has 2 heterocycles. The lowest BCUT2D eigenvalue weighted by Gasteiger charge is -2.65. The minimum Gasteiger partial charge on any atom is -0.497 e. The van der Waals surface area contributed by atoms with Gasteiger partial charge in [-0.05, 0) is 95.5 Å². The van der Waals surface area contributed by atoms with Crippen molar-refractivity contribution in [2.75, 3.05) is 40.8 Å². The Kier molecular flexibility index (Phi) is 5.03. The third kappa shape index (κ3) is 2.99. The molecule has 4 aliphatic rings. The fourth-order valence-electron chi connectivity index (χ4n) is 6.94. The van der Waals surface area contributed by atoms with Gasteiger partial charge in [-0.15, -0.1) is 0 Å². The molecule has 3 N–H and O–H groups in total. The Morgan fingerprint density at radius 3 is 2.75 bits per heavy atom. The summed E-state index contributed by atoms with van der Waals surface area (Å²) in [6, 6.07) is 5.70. The van der Waals surface area contributed by atoms with E-state index < -0.39 is 22.6 Å². The van der Waals surface area contributed by atoms with Crippen LogP contribution >= 0.6 is 0 Å². The SMILES string of the molecule is COc1ccc2c(c1)C13CCN(CCCN(C)C)C(C2)C1(O)CCC1(C3)NC(=O)NC1=O. The Balaban J connectivity index is 1.58. The first-order valence-electron chi connectivity index (χ1n) is 11.7. The predicted molar refractivity (Wildman–Crippen MR) is 120 cm³/mol. The first-order chi connectivity index (χ1) is 15.2. The van der Waals surface area contributed by atoms with E-state index in [9.17, 15) is 14.7 Å². The number of carbonyl (C=O) groups is 2. The molecule has 1 aromatic rings. The van der Waals surface area contributed by atoms with Crippen molar-refractivity contribution in [2.45, 2.75) is 61.1 Å². The minimum atomic E-state index is -0.960. The van der Waals surface area contributed by atoms with Gasteiger partial charge in [-0.1, -0.05) is 6.07 Å². The van der Waals surface area contributed by atoms with E-state index in [-0.39, 0.29) is 11.9 Å². The van der Waals surface area contributed by atoms with E-state index in [1.807, 2.05) is 12.1 Å². The Bertz CT molecular complexity index is 952. The van der Waals surface area contributed by atoms with Gasteiger partial charge < -0.3 is 20.1 Å². The average Bonchev–Trinajstić information content (AvgIpc) is 3.02. The van der Waals surface area contributed by atoms with Crippen molar-refractivity contribution in [3.8, 4) is 5.75 Å². The van der Waals surface area contributed by atoms with Crippen LogP contribution in [0.2, 0.25) is 0 Å². The lowest BCUT2D eigenvalue weighted by Crippen LogP contribution is -2.76. The third-order valence-electron chi connectivity index (χ3n) is 8.49. The highest BCUT2D eigenvalue weighted by Crippen LogP contribution is 2.60. The number of hydrogen-bond donors (Lipinski definition) is 3. The summed E-state index contributed by atoms with van der Waals surface area (Å²) in [5, 5.41) is 17.8. The molecular formula is C24H34N4O4. The number of rotatable bonds is 5. The largest absolute Gasteiger partial charge is 0.497 e. The van der Waals surface area contributed by atoms with Gasteiger partial charge in [0.15, 0.2) is 0 Å². The molecule has 2 aliphatic carbocycles. The second-order valence-electron chi connectivity index (χ2n) is 10.4. The molecule has 8 heteroatoms. The fourth-order valence-corrected chi connectivity index (χ4v) is 6.94. The van der Waals surface area contributed by atoms with Gasteiger partial charge in [0.25, 0.3) is 5.91 Å². The van der Waals surface area contributed by atoms with Crippen LogP contribution in [0.1, 0.15) is 43.2 Å². The summed E-state index contributed by atoms with van der Waals surface area (Å²) < 4.78 is 5.53. The number of carbonyl (C=O) groups excluding carboxylic acids is 2. The van der Waals surface area contributed by atoms with E-state index in [1.165, 1.54) is 5.56 Å². The van der Waals surface area contributed by atoms with E-state index in [0.29, 0.717) is 19.3 Å². The number of piperidine rings is 1. The molecule has 0 radical (unpaired) electrons. The summed E-state index contributed by atoms with van der Waals surface area (Å²) >= 11 is 0. The van der Waals surface area contributed by atoms with Gasteiger partial charge >= 0.3 is 6.03 Å². The number of amides is 3. The zero-order chi connectivity index (χ0) is 22.7. The van der Waals surface area contributed by atoms with Crippen LogP contribution in [0.3, 0.4) is 0 Å². The molecule has 4 atom stereocenters. The lowest BCUT2D eigenvalue weighted by molar-refractivity contribution is -0.180. The lowest BCUT2D eigenvalue weighted by atomic mass is 9.46. The van der Waals surface area contributed by atoms with Crippen molar-refractivity contribution in [1.82, 2.24) is 20.4 Å². The van der Waals surface area contributed by atoms with Crippen molar-refractivity contribution >= 4 is 11.9 Å². The topological polar surface area (TPSA) is 94.1 Å². The first-order valence-corrected chi connectivity index (χ1v) is 11.7. The molecule has 2 aliphatic heterocycles. The monoisotopic (exact) mass is 442 g/mol. The highest BCUT2D eigenvalue weighted by molar-refractivity contribution is 6.07. The molecule has 1 aromatic carbocycles. The van der Waals surface area contributed by atoms with E-state index in [0.717, 1.165) is 50.2 Å². The average molecular weight is 443 g/mol. The summed E-state index contributed by atoms with van der Waals surface area (Å²) in [6.07, 6.45) is 3.91. The van der Waals surface area contributed by atoms with Crippen molar-refractivity contribution in [3.05, 3.63) is 29.3 Å². The summed E-state index contributed by atoms with van der Waals surface area (Å²) in [5.74, 6) is 0.491. The van der Waals surface area contributed by atoms with Crippen LogP contribution in [0.5, 0.6) is 5.75 Å². The molecule has 0 aromatic heterocycles. The first kappa shape index (κ1) is 21.7. The van der Waals surface area contributed by atoms with Crippen LogP contribution < -0.4 is 15.4 Å². The number of ether oxygens (including phenoxy) is 1. The van der Waals surface area contributed by atoms with E-state index in [2.05, 4.69) is 40.6 Å². The summed E-state index contributed by atoms with van der Waals surface area (Å²) in [4.78, 5) is 29.6. The van der Waals surface area contributed by atoms with Gasteiger partial charge in [0.2, 0.25) is 0 Å². The van der Waals surface area contributed by atoms with Gasteiger partial charge in [-0.2, -0.15) is 0 Å². The molecule has 3 fully saturated rings. The minimum absolute atomic E-state index is 0.00294. The van der Waals surface area contributed by atoms with Crippen molar-refractivity contribution in [2.24, 2.45) is 0 Å². The Labute approximate surface area is 189 Å². The second kappa shape index (κ2) is 7.43. The molecule has 8 nitrogen and oxygen atoms in total. The van der Waals surface area contributed by atoms with Crippen molar-refractivity contribution in [1.29, 1.82) is 0 Å². The molecular weight excluding hydrogens is 408 g/mol. The van der Waals surface area contributed by atoms with Gasteiger partial charge in [-0.3, -0.25) is 15.0 Å². The van der Waals surface area contributed by atoms with Crippen LogP contribution in [0.4, 0.5) is 4.79 Å². The highest BCUT2D eigenvalue weighted by atomic mass is 16.5. The number of fused-ring (bicyclic) bond motifs is 1. The number of benzene rings is 1. The van der Waals surface area contributed by atoms with Crippen molar-refractivity contribution in [3.63, 3.8) is 0 Å². The number of nitrogens with one attached hydrogen (secondary N) is 2. The highest BCUT2D eigenvalue weighted by Gasteiger charge is 2.69.